The van der Waals surface area contributed by atoms with Crippen molar-refractivity contribution in [2.45, 2.75) is 51.5 Å². The zero-order chi connectivity index (χ0) is 13.5. The highest BCUT2D eigenvalue weighted by Gasteiger charge is 2.48. The van der Waals surface area contributed by atoms with Crippen LogP contribution in [0.5, 0.6) is 0 Å². The first kappa shape index (κ1) is 16.3. The van der Waals surface area contributed by atoms with Crippen molar-refractivity contribution in [3.63, 3.8) is 0 Å². The summed E-state index contributed by atoms with van der Waals surface area (Å²) in [4.78, 5) is 0. The third-order valence-electron chi connectivity index (χ3n) is 2.10. The molecule has 0 bridgehead atoms. The Bertz CT molecular complexity index is 344. The van der Waals surface area contributed by atoms with Crippen LogP contribution in [0.1, 0.15) is 46.0 Å². The topological polar surface area (TPSA) is 43.4 Å². The molecule has 0 unspecified atom stereocenters. The number of alkyl halides is 3. The molecule has 7 heteroatoms. The van der Waals surface area contributed by atoms with Crippen LogP contribution < -0.4 is 0 Å². The van der Waals surface area contributed by atoms with E-state index in [1.807, 2.05) is 6.92 Å². The highest BCUT2D eigenvalue weighted by molar-refractivity contribution is 7.87. The van der Waals surface area contributed by atoms with E-state index in [1.54, 1.807) is 0 Å². The van der Waals surface area contributed by atoms with Gasteiger partial charge in [-0.25, -0.2) is 0 Å². The molecule has 0 aromatic heterocycles. The van der Waals surface area contributed by atoms with E-state index in [1.165, 1.54) is 13.0 Å². The molecule has 0 radical (unpaired) electrons. The average molecular weight is 274 g/mol. The summed E-state index contributed by atoms with van der Waals surface area (Å²) in [5.41, 5.74) is -5.37. The predicted octanol–water partition coefficient (Wildman–Crippen LogP) is 3.73. The van der Waals surface area contributed by atoms with Crippen LogP contribution in [0.15, 0.2) is 11.8 Å². The standard InChI is InChI=1S/C10H17F3O3S/c1-3-5-6-7-8-9(4-2)16-17(14,15)10(11,12)13/h4H,3,5-8H2,1-2H3. The van der Waals surface area contributed by atoms with Crippen LogP contribution >= 0.6 is 0 Å². The molecule has 102 valence electrons. The maximum atomic E-state index is 12.0. The smallest absolute Gasteiger partial charge is 0.381 e. The van der Waals surface area contributed by atoms with Crippen LogP contribution in [0.3, 0.4) is 0 Å². The second kappa shape index (κ2) is 6.88. The van der Waals surface area contributed by atoms with Gasteiger partial charge < -0.3 is 4.18 Å². The number of hydrogen-bond acceptors (Lipinski definition) is 3. The number of hydrogen-bond donors (Lipinski definition) is 0. The lowest BCUT2D eigenvalue weighted by Gasteiger charge is -2.11. The fraction of sp³-hybridized carbons (Fsp3) is 0.800. The third-order valence-corrected chi connectivity index (χ3v) is 3.10. The lowest BCUT2D eigenvalue weighted by atomic mass is 10.1. The Labute approximate surface area is 99.8 Å². The number of halogens is 3. The van der Waals surface area contributed by atoms with Crippen LogP contribution in [0, 0.1) is 0 Å². The fourth-order valence-electron chi connectivity index (χ4n) is 1.15. The van der Waals surface area contributed by atoms with Gasteiger partial charge in [0, 0.05) is 6.42 Å². The molecule has 0 spiro atoms. The maximum absolute atomic E-state index is 12.0. The first-order valence-electron chi connectivity index (χ1n) is 5.40. The van der Waals surface area contributed by atoms with Crippen molar-refractivity contribution in [1.29, 1.82) is 0 Å². The molecule has 0 aromatic rings. The first-order chi connectivity index (χ1) is 7.74. The van der Waals surface area contributed by atoms with Crippen LogP contribution in [0.25, 0.3) is 0 Å². The summed E-state index contributed by atoms with van der Waals surface area (Å²) in [5.74, 6) is -0.154. The fourth-order valence-corrected chi connectivity index (χ4v) is 1.70. The van der Waals surface area contributed by atoms with Crippen molar-refractivity contribution < 1.29 is 25.8 Å². The minimum atomic E-state index is -5.52. The molecule has 0 rings (SSSR count). The summed E-state index contributed by atoms with van der Waals surface area (Å²) in [6.07, 6.45) is 4.85. The molecule has 0 fully saturated rings. The van der Waals surface area contributed by atoms with Crippen LogP contribution in [0.4, 0.5) is 13.2 Å². The van der Waals surface area contributed by atoms with E-state index in [-0.39, 0.29) is 12.2 Å². The van der Waals surface area contributed by atoms with Crippen LogP contribution in [-0.4, -0.2) is 13.9 Å². The summed E-state index contributed by atoms with van der Waals surface area (Å²) in [6, 6.07) is 0. The first-order valence-corrected chi connectivity index (χ1v) is 6.81. The molecule has 0 aromatic carbocycles. The summed E-state index contributed by atoms with van der Waals surface area (Å²) in [5, 5.41) is 0. The van der Waals surface area contributed by atoms with Gasteiger partial charge in [0.15, 0.2) is 0 Å². The summed E-state index contributed by atoms with van der Waals surface area (Å²) in [6.45, 7) is 3.45. The van der Waals surface area contributed by atoms with Gasteiger partial charge in [-0.3, -0.25) is 0 Å². The van der Waals surface area contributed by atoms with E-state index >= 15 is 0 Å². The van der Waals surface area contributed by atoms with Gasteiger partial charge in [0.1, 0.15) is 5.76 Å². The Kier molecular flexibility index (Phi) is 6.59. The van der Waals surface area contributed by atoms with Gasteiger partial charge in [-0.15, -0.1) is 0 Å². The second-order valence-corrected chi connectivity index (χ2v) is 5.09. The van der Waals surface area contributed by atoms with Crippen LogP contribution in [-0.2, 0) is 14.3 Å². The molecule has 0 aliphatic rings. The summed E-state index contributed by atoms with van der Waals surface area (Å²) < 4.78 is 61.6. The molecular weight excluding hydrogens is 257 g/mol. The Hall–Kier alpha value is -0.720. The molecule has 0 aliphatic heterocycles. The largest absolute Gasteiger partial charge is 0.534 e. The van der Waals surface area contributed by atoms with E-state index in [9.17, 15) is 21.6 Å². The Morgan fingerprint density at radius 1 is 1.24 bits per heavy atom. The van der Waals surface area contributed by atoms with Gasteiger partial charge in [0.25, 0.3) is 0 Å². The van der Waals surface area contributed by atoms with Crippen molar-refractivity contribution in [3.05, 3.63) is 11.8 Å². The van der Waals surface area contributed by atoms with Gasteiger partial charge in [0.05, 0.1) is 0 Å². The zero-order valence-corrected chi connectivity index (χ0v) is 10.7. The molecular formula is C10H17F3O3S. The Morgan fingerprint density at radius 3 is 2.24 bits per heavy atom. The van der Waals surface area contributed by atoms with E-state index in [0.717, 1.165) is 19.3 Å². The lowest BCUT2D eigenvalue weighted by Crippen LogP contribution is -2.25. The van der Waals surface area contributed by atoms with E-state index in [4.69, 9.17) is 0 Å². The molecule has 0 N–H and O–H groups in total. The normalized spacial score (nSPS) is 13.8. The molecule has 0 saturated heterocycles. The van der Waals surface area contributed by atoms with Crippen molar-refractivity contribution >= 4 is 10.1 Å². The number of rotatable bonds is 7. The third kappa shape index (κ3) is 5.95. The minimum absolute atomic E-state index is 0.154. The Balaban J connectivity index is 4.34. The van der Waals surface area contributed by atoms with Crippen molar-refractivity contribution in [2.24, 2.45) is 0 Å². The highest BCUT2D eigenvalue weighted by atomic mass is 32.2. The quantitative estimate of drug-likeness (QED) is 0.307. The molecule has 0 atom stereocenters. The molecule has 0 heterocycles. The van der Waals surface area contributed by atoms with Gasteiger partial charge in [0.2, 0.25) is 0 Å². The van der Waals surface area contributed by atoms with Gasteiger partial charge in [-0.1, -0.05) is 26.2 Å². The zero-order valence-electron chi connectivity index (χ0n) is 9.88. The van der Waals surface area contributed by atoms with E-state index in [2.05, 4.69) is 4.18 Å². The number of allylic oxidation sites excluding steroid dienone is 2. The molecule has 0 aliphatic carbocycles. The number of unbranched alkanes of at least 4 members (excludes halogenated alkanes) is 3. The summed E-state index contributed by atoms with van der Waals surface area (Å²) >= 11 is 0. The van der Waals surface area contributed by atoms with Gasteiger partial charge >= 0.3 is 15.6 Å². The SMILES string of the molecule is CC=C(CCCCCC)OS(=O)(=O)C(F)(F)F. The predicted molar refractivity (Wildman–Crippen MR) is 58.6 cm³/mol. The van der Waals surface area contributed by atoms with E-state index < -0.39 is 15.6 Å². The maximum Gasteiger partial charge on any atom is 0.534 e. The highest BCUT2D eigenvalue weighted by Crippen LogP contribution is 2.27. The van der Waals surface area contributed by atoms with Crippen molar-refractivity contribution in [1.82, 2.24) is 0 Å². The average Bonchev–Trinajstić information content (AvgIpc) is 2.20. The van der Waals surface area contributed by atoms with Crippen molar-refractivity contribution in [3.8, 4) is 0 Å². The van der Waals surface area contributed by atoms with Gasteiger partial charge in [-0.2, -0.15) is 21.6 Å². The monoisotopic (exact) mass is 274 g/mol. The lowest BCUT2D eigenvalue weighted by molar-refractivity contribution is -0.0523. The van der Waals surface area contributed by atoms with Crippen molar-refractivity contribution in [2.75, 3.05) is 0 Å². The molecule has 0 amide bonds. The molecule has 17 heavy (non-hydrogen) atoms. The van der Waals surface area contributed by atoms with E-state index in [0.29, 0.717) is 6.42 Å². The second-order valence-electron chi connectivity index (χ2n) is 3.55. The van der Waals surface area contributed by atoms with Crippen LogP contribution in [0.2, 0.25) is 0 Å². The van der Waals surface area contributed by atoms with Gasteiger partial charge in [-0.05, 0) is 19.4 Å². The summed E-state index contributed by atoms with van der Waals surface area (Å²) in [7, 11) is -5.52. The minimum Gasteiger partial charge on any atom is -0.381 e. The molecule has 3 nitrogen and oxygen atoms in total. The Morgan fingerprint density at radius 2 is 1.82 bits per heavy atom. The molecule has 0 saturated carbocycles.